The molecule has 0 radical (unpaired) electrons. The van der Waals surface area contributed by atoms with Crippen molar-refractivity contribution in [3.05, 3.63) is 60.6 Å². The van der Waals surface area contributed by atoms with Crippen molar-refractivity contribution in [1.82, 2.24) is 29.1 Å². The summed E-state index contributed by atoms with van der Waals surface area (Å²) in [6.07, 6.45) is 2.89. The number of hydrogen-bond donors (Lipinski definition) is 2. The van der Waals surface area contributed by atoms with E-state index in [-0.39, 0.29) is 27.9 Å². The van der Waals surface area contributed by atoms with Crippen LogP contribution in [0.2, 0.25) is 0 Å². The van der Waals surface area contributed by atoms with Gasteiger partial charge in [-0.15, -0.1) is 0 Å². The first-order valence-corrected chi connectivity index (χ1v) is 16.6. The second kappa shape index (κ2) is 14.1. The number of hydrogen-bond acceptors (Lipinski definition) is 11. The van der Waals surface area contributed by atoms with Gasteiger partial charge in [0.1, 0.15) is 18.8 Å². The molecule has 3 heterocycles. The zero-order chi connectivity index (χ0) is 31.3. The number of aromatic nitrogens is 3. The van der Waals surface area contributed by atoms with Gasteiger partial charge in [-0.05, 0) is 44.3 Å². The van der Waals surface area contributed by atoms with Crippen LogP contribution in [0.5, 0.6) is 0 Å². The molecule has 14 heteroatoms. The van der Waals surface area contributed by atoms with E-state index in [9.17, 15) is 13.2 Å². The van der Waals surface area contributed by atoms with E-state index in [0.717, 1.165) is 52.3 Å². The fraction of sp³-hybridized carbons (Fsp3) is 0.400. The van der Waals surface area contributed by atoms with Crippen molar-refractivity contribution >= 4 is 49.1 Å². The van der Waals surface area contributed by atoms with Crippen LogP contribution in [-0.2, 0) is 26.1 Å². The summed E-state index contributed by atoms with van der Waals surface area (Å²) in [5.74, 6) is 0.386. The summed E-state index contributed by atoms with van der Waals surface area (Å²) in [5.41, 5.74) is 4.30. The summed E-state index contributed by atoms with van der Waals surface area (Å²) in [6, 6.07) is 14.8. The molecule has 2 aromatic carbocycles. The average Bonchev–Trinajstić information content (AvgIpc) is 3.46. The van der Waals surface area contributed by atoms with Crippen LogP contribution < -0.4 is 10.6 Å². The van der Waals surface area contributed by atoms with E-state index in [0.29, 0.717) is 26.2 Å². The number of rotatable bonds is 12. The van der Waals surface area contributed by atoms with Gasteiger partial charge in [-0.2, -0.15) is 4.31 Å². The zero-order valence-corrected chi connectivity index (χ0v) is 27.0. The first kappa shape index (κ1) is 31.9. The molecule has 4 aromatic rings. The highest BCUT2D eigenvalue weighted by Gasteiger charge is 2.31. The highest BCUT2D eigenvalue weighted by molar-refractivity contribution is 7.91. The molecule has 1 unspecified atom stereocenters. The standard InChI is InChI=1S/C30H38N8O4S2/c1-21(17-37-11-13-38(14-12-37)44(40,41)27-16-31-30(43-27)35-26(39)19-42-4)34-29-25-10-6-9-24(28(25)32-20-33-29)23-8-5-7-22(15-23)18-36(2)3/h5-10,15-16,20-21H,11-14,17-19H2,1-4H3,(H,31,35,39)(H,32,33,34). The molecule has 1 aliphatic heterocycles. The maximum Gasteiger partial charge on any atom is 0.254 e. The molecule has 5 rings (SSSR count). The maximum absolute atomic E-state index is 13.2. The van der Waals surface area contributed by atoms with Crippen LogP contribution in [0.4, 0.5) is 10.9 Å². The fourth-order valence-electron chi connectivity index (χ4n) is 5.31. The number of para-hydroxylation sites is 1. The number of carbonyl (C=O) groups excluding carboxylic acids is 1. The SMILES string of the molecule is COCC(=O)Nc1ncc(S(=O)(=O)N2CCN(CC(C)Nc3ncnc4c(-c5cccc(CN(C)C)c5)cccc34)CC2)s1. The van der Waals surface area contributed by atoms with Crippen molar-refractivity contribution in [1.29, 1.82) is 0 Å². The lowest BCUT2D eigenvalue weighted by atomic mass is 10.00. The predicted octanol–water partition coefficient (Wildman–Crippen LogP) is 3.21. The quantitative estimate of drug-likeness (QED) is 0.238. The van der Waals surface area contributed by atoms with Crippen LogP contribution in [0, 0.1) is 0 Å². The molecule has 1 aliphatic rings. The summed E-state index contributed by atoms with van der Waals surface area (Å²) in [5, 5.41) is 7.29. The van der Waals surface area contributed by atoms with Crippen molar-refractivity contribution in [2.75, 3.05) is 71.2 Å². The third-order valence-electron chi connectivity index (χ3n) is 7.25. The van der Waals surface area contributed by atoms with E-state index in [1.54, 1.807) is 6.33 Å². The molecule has 0 bridgehead atoms. The van der Waals surface area contributed by atoms with E-state index in [1.165, 1.54) is 23.2 Å². The Hall–Kier alpha value is -3.53. The predicted molar refractivity (Wildman–Crippen MR) is 173 cm³/mol. The number of nitrogens with one attached hydrogen (secondary N) is 2. The first-order valence-electron chi connectivity index (χ1n) is 14.4. The Morgan fingerprint density at radius 2 is 1.86 bits per heavy atom. The number of anilines is 2. The molecule has 0 aliphatic carbocycles. The second-order valence-corrected chi connectivity index (χ2v) is 14.3. The van der Waals surface area contributed by atoms with Gasteiger partial charge in [-0.3, -0.25) is 15.0 Å². The summed E-state index contributed by atoms with van der Waals surface area (Å²) in [4.78, 5) is 29.4. The average molecular weight is 639 g/mol. The Morgan fingerprint density at radius 1 is 1.09 bits per heavy atom. The van der Waals surface area contributed by atoms with Crippen molar-refractivity contribution in [3.8, 4) is 11.1 Å². The molecule has 0 saturated carbocycles. The van der Waals surface area contributed by atoms with Gasteiger partial charge in [-0.25, -0.2) is 23.4 Å². The molecular weight excluding hydrogens is 601 g/mol. The van der Waals surface area contributed by atoms with E-state index in [2.05, 4.69) is 86.7 Å². The molecule has 2 aromatic heterocycles. The van der Waals surface area contributed by atoms with E-state index in [4.69, 9.17) is 4.74 Å². The number of ether oxygens (including phenoxy) is 1. The van der Waals surface area contributed by atoms with Gasteiger partial charge >= 0.3 is 0 Å². The third-order valence-corrected chi connectivity index (χ3v) is 10.5. The molecule has 234 valence electrons. The van der Waals surface area contributed by atoms with E-state index >= 15 is 0 Å². The summed E-state index contributed by atoms with van der Waals surface area (Å²) in [6.45, 7) is 5.48. The van der Waals surface area contributed by atoms with Gasteiger partial charge in [-0.1, -0.05) is 41.7 Å². The number of carbonyl (C=O) groups is 1. The van der Waals surface area contributed by atoms with Gasteiger partial charge in [0.15, 0.2) is 9.34 Å². The summed E-state index contributed by atoms with van der Waals surface area (Å²) in [7, 11) is 1.83. The molecule has 1 saturated heterocycles. The van der Waals surface area contributed by atoms with Crippen LogP contribution in [0.15, 0.2) is 59.2 Å². The number of piperazine rings is 1. The smallest absolute Gasteiger partial charge is 0.254 e. The summed E-state index contributed by atoms with van der Waals surface area (Å²) >= 11 is 0.938. The molecule has 1 fully saturated rings. The maximum atomic E-state index is 13.2. The Balaban J connectivity index is 1.21. The minimum atomic E-state index is -3.70. The number of sulfonamides is 1. The molecule has 1 amide bonds. The minimum absolute atomic E-state index is 0.0584. The lowest BCUT2D eigenvalue weighted by Gasteiger charge is -2.35. The van der Waals surface area contributed by atoms with E-state index < -0.39 is 10.0 Å². The molecule has 44 heavy (non-hydrogen) atoms. The highest BCUT2D eigenvalue weighted by Crippen LogP contribution is 2.31. The number of amides is 1. The number of thiazole rings is 1. The molecule has 1 atom stereocenters. The van der Waals surface area contributed by atoms with Gasteiger partial charge in [0.25, 0.3) is 15.9 Å². The Bertz CT molecular complexity index is 1700. The lowest BCUT2D eigenvalue weighted by molar-refractivity contribution is -0.119. The highest BCUT2D eigenvalue weighted by atomic mass is 32.2. The molecule has 12 nitrogen and oxygen atoms in total. The topological polar surface area (TPSA) is 133 Å². The van der Waals surface area contributed by atoms with Gasteiger partial charge in [0.05, 0.1) is 11.7 Å². The van der Waals surface area contributed by atoms with Crippen molar-refractivity contribution in [2.45, 2.75) is 23.7 Å². The largest absolute Gasteiger partial charge is 0.375 e. The van der Waals surface area contributed by atoms with Crippen LogP contribution in [0.1, 0.15) is 12.5 Å². The normalized spacial score (nSPS) is 15.5. The van der Waals surface area contributed by atoms with Crippen LogP contribution in [-0.4, -0.2) is 110 Å². The van der Waals surface area contributed by atoms with Gasteiger partial charge in [0, 0.05) is 63.4 Å². The first-order chi connectivity index (χ1) is 21.1. The van der Waals surface area contributed by atoms with Crippen molar-refractivity contribution in [2.24, 2.45) is 0 Å². The minimum Gasteiger partial charge on any atom is -0.375 e. The van der Waals surface area contributed by atoms with Gasteiger partial charge < -0.3 is 15.0 Å². The van der Waals surface area contributed by atoms with Crippen LogP contribution in [0.3, 0.4) is 0 Å². The zero-order valence-electron chi connectivity index (χ0n) is 25.4. The Kier molecular flexibility index (Phi) is 10.2. The third kappa shape index (κ3) is 7.57. The van der Waals surface area contributed by atoms with Crippen LogP contribution >= 0.6 is 11.3 Å². The number of methoxy groups -OCH3 is 1. The Labute approximate surface area is 262 Å². The molecule has 2 N–H and O–H groups in total. The lowest BCUT2D eigenvalue weighted by Crippen LogP contribution is -2.50. The monoisotopic (exact) mass is 638 g/mol. The number of fused-ring (bicyclic) bond motifs is 1. The molecule has 0 spiro atoms. The fourth-order valence-corrected chi connectivity index (χ4v) is 7.93. The van der Waals surface area contributed by atoms with E-state index in [1.807, 2.05) is 12.1 Å². The number of benzene rings is 2. The van der Waals surface area contributed by atoms with Gasteiger partial charge in [0.2, 0.25) is 0 Å². The summed E-state index contributed by atoms with van der Waals surface area (Å²) < 4.78 is 32.8. The Morgan fingerprint density at radius 3 is 2.61 bits per heavy atom. The van der Waals surface area contributed by atoms with Crippen molar-refractivity contribution in [3.63, 3.8) is 0 Å². The molecular formula is C30H38N8O4S2. The number of nitrogens with zero attached hydrogens (tertiary/aromatic N) is 6. The second-order valence-electron chi connectivity index (χ2n) is 11.1. The van der Waals surface area contributed by atoms with Crippen LogP contribution in [0.25, 0.3) is 22.0 Å². The van der Waals surface area contributed by atoms with Crippen molar-refractivity contribution < 1.29 is 17.9 Å².